The minimum Gasteiger partial charge on any atom is -0.384 e. The summed E-state index contributed by atoms with van der Waals surface area (Å²) in [4.78, 5) is 32.0. The van der Waals surface area contributed by atoms with Gasteiger partial charge in [-0.15, -0.1) is 11.3 Å². The normalized spacial score (nSPS) is 16.4. The number of hydrogen-bond acceptors (Lipinski definition) is 9. The molecule has 6 rings (SSSR count). The monoisotopic (exact) mass is 502 g/mol. The Morgan fingerprint density at radius 3 is 2.28 bits per heavy atom. The molecule has 0 radical (unpaired) electrons. The predicted octanol–water partition coefficient (Wildman–Crippen LogP) is 3.31. The van der Waals surface area contributed by atoms with E-state index in [1.54, 1.807) is 23.6 Å². The van der Waals surface area contributed by atoms with E-state index in [0.717, 1.165) is 45.1 Å². The molecule has 36 heavy (non-hydrogen) atoms. The zero-order valence-electron chi connectivity index (χ0n) is 19.7. The molecular weight excluding hydrogens is 476 g/mol. The summed E-state index contributed by atoms with van der Waals surface area (Å²) in [6, 6.07) is 13.6. The van der Waals surface area contributed by atoms with Gasteiger partial charge in [-0.05, 0) is 35.9 Å². The van der Waals surface area contributed by atoms with Crippen molar-refractivity contribution in [3.8, 4) is 21.8 Å². The van der Waals surface area contributed by atoms with Crippen LogP contribution in [0.25, 0.3) is 32.0 Å². The van der Waals surface area contributed by atoms with Gasteiger partial charge in [-0.1, -0.05) is 12.1 Å². The van der Waals surface area contributed by atoms with Gasteiger partial charge in [0, 0.05) is 48.4 Å². The number of pyridine rings is 1. The zero-order chi connectivity index (χ0) is 24.5. The van der Waals surface area contributed by atoms with E-state index in [1.807, 2.05) is 35.2 Å². The van der Waals surface area contributed by atoms with E-state index >= 15 is 0 Å². The molecule has 3 aromatic heterocycles. The molecule has 5 heterocycles. The quantitative estimate of drug-likeness (QED) is 0.453. The molecule has 0 atom stereocenters. The van der Waals surface area contributed by atoms with Crippen molar-refractivity contribution >= 4 is 39.1 Å². The number of carbonyl (C=O) groups is 1. The minimum absolute atomic E-state index is 0.0448. The molecule has 2 saturated heterocycles. The van der Waals surface area contributed by atoms with Gasteiger partial charge in [0.05, 0.1) is 36.6 Å². The Kier molecular flexibility index (Phi) is 6.22. The third-order valence-corrected chi connectivity index (χ3v) is 7.59. The zero-order valence-corrected chi connectivity index (χ0v) is 20.5. The SMILES string of the molecule is Nc1ccc(-c2nc(N3CCOCC3)c3sc(-c4ccc(C(=O)N5CCOCC5)cc4)cc3n2)cn1. The lowest BCUT2D eigenvalue weighted by atomic mass is 10.1. The van der Waals surface area contributed by atoms with Gasteiger partial charge in [-0.2, -0.15) is 0 Å². The number of aromatic nitrogens is 3. The molecule has 2 fully saturated rings. The van der Waals surface area contributed by atoms with Crippen molar-refractivity contribution in [2.24, 2.45) is 0 Å². The van der Waals surface area contributed by atoms with E-state index < -0.39 is 0 Å². The van der Waals surface area contributed by atoms with E-state index in [9.17, 15) is 4.79 Å². The van der Waals surface area contributed by atoms with Crippen molar-refractivity contribution in [2.75, 3.05) is 63.2 Å². The number of nitrogens with zero attached hydrogens (tertiary/aromatic N) is 5. The number of nitrogens with two attached hydrogens (primary N) is 1. The van der Waals surface area contributed by atoms with Gasteiger partial charge in [0.25, 0.3) is 5.91 Å². The summed E-state index contributed by atoms with van der Waals surface area (Å²) in [6.45, 7) is 5.33. The van der Waals surface area contributed by atoms with Crippen LogP contribution in [0.15, 0.2) is 48.7 Å². The van der Waals surface area contributed by atoms with Crippen LogP contribution < -0.4 is 10.6 Å². The molecule has 0 saturated carbocycles. The molecule has 2 aliphatic heterocycles. The number of rotatable bonds is 4. The first-order valence-corrected chi connectivity index (χ1v) is 12.8. The van der Waals surface area contributed by atoms with Crippen LogP contribution in [-0.4, -0.2) is 78.4 Å². The summed E-state index contributed by atoms with van der Waals surface area (Å²) in [5.41, 5.74) is 9.21. The fourth-order valence-electron chi connectivity index (χ4n) is 4.44. The molecule has 0 bridgehead atoms. The molecule has 4 aromatic rings. The molecule has 0 spiro atoms. The molecule has 1 amide bonds. The third kappa shape index (κ3) is 4.50. The van der Waals surface area contributed by atoms with Gasteiger partial charge in [0.15, 0.2) is 11.6 Å². The van der Waals surface area contributed by atoms with E-state index in [4.69, 9.17) is 25.2 Å². The Morgan fingerprint density at radius 2 is 1.58 bits per heavy atom. The summed E-state index contributed by atoms with van der Waals surface area (Å²) in [6.07, 6.45) is 1.71. The lowest BCUT2D eigenvalue weighted by Gasteiger charge is -2.28. The first kappa shape index (κ1) is 22.8. The second kappa shape index (κ2) is 9.81. The van der Waals surface area contributed by atoms with Gasteiger partial charge in [-0.3, -0.25) is 4.79 Å². The largest absolute Gasteiger partial charge is 0.384 e. The standard InChI is InChI=1S/C26H26N6O3S/c27-22-6-5-19(16-28-22)24-29-20-15-21(36-23(20)25(30-24)31-7-11-34-12-8-31)17-1-3-18(4-2-17)26(33)32-9-13-35-14-10-32/h1-6,15-16H,7-14H2,(H2,27,28). The second-order valence-electron chi connectivity index (χ2n) is 8.75. The maximum atomic E-state index is 12.8. The Balaban J connectivity index is 1.36. The van der Waals surface area contributed by atoms with Crippen LogP contribution >= 0.6 is 11.3 Å². The molecule has 0 unspecified atom stereocenters. The van der Waals surface area contributed by atoms with Crippen LogP contribution in [0.3, 0.4) is 0 Å². The highest BCUT2D eigenvalue weighted by atomic mass is 32.1. The molecule has 9 nitrogen and oxygen atoms in total. The Labute approximate surface area is 212 Å². The van der Waals surface area contributed by atoms with E-state index in [2.05, 4.69) is 16.0 Å². The van der Waals surface area contributed by atoms with Crippen LogP contribution in [0, 0.1) is 0 Å². The summed E-state index contributed by atoms with van der Waals surface area (Å²) in [5, 5.41) is 0. The molecule has 184 valence electrons. The van der Waals surface area contributed by atoms with Crippen LogP contribution in [0.1, 0.15) is 10.4 Å². The maximum absolute atomic E-state index is 12.8. The fourth-order valence-corrected chi connectivity index (χ4v) is 5.56. The number of fused-ring (bicyclic) bond motifs is 1. The van der Waals surface area contributed by atoms with Crippen LogP contribution in [0.5, 0.6) is 0 Å². The van der Waals surface area contributed by atoms with Gasteiger partial charge >= 0.3 is 0 Å². The number of carbonyl (C=O) groups excluding carboxylic acids is 1. The van der Waals surface area contributed by atoms with E-state index in [0.29, 0.717) is 56.7 Å². The summed E-state index contributed by atoms with van der Waals surface area (Å²) < 4.78 is 12.0. The van der Waals surface area contributed by atoms with E-state index in [-0.39, 0.29) is 5.91 Å². The van der Waals surface area contributed by atoms with Gasteiger partial charge in [-0.25, -0.2) is 15.0 Å². The first-order chi connectivity index (χ1) is 17.7. The van der Waals surface area contributed by atoms with Crippen molar-refractivity contribution < 1.29 is 14.3 Å². The third-order valence-electron chi connectivity index (χ3n) is 6.42. The Morgan fingerprint density at radius 1 is 0.889 bits per heavy atom. The van der Waals surface area contributed by atoms with Gasteiger partial charge in [0.1, 0.15) is 5.82 Å². The summed E-state index contributed by atoms with van der Waals surface area (Å²) in [7, 11) is 0. The number of benzene rings is 1. The van der Waals surface area contributed by atoms with Crippen LogP contribution in [0.2, 0.25) is 0 Å². The van der Waals surface area contributed by atoms with Crippen molar-refractivity contribution in [2.45, 2.75) is 0 Å². The number of nitrogen functional groups attached to an aromatic ring is 1. The number of thiophene rings is 1. The number of morpholine rings is 2. The molecule has 2 N–H and O–H groups in total. The van der Waals surface area contributed by atoms with E-state index in [1.165, 1.54) is 0 Å². The second-order valence-corrected chi connectivity index (χ2v) is 9.80. The highest BCUT2D eigenvalue weighted by Crippen LogP contribution is 2.39. The average molecular weight is 503 g/mol. The molecule has 1 aromatic carbocycles. The van der Waals surface area contributed by atoms with Crippen molar-refractivity contribution in [3.05, 3.63) is 54.2 Å². The highest BCUT2D eigenvalue weighted by Gasteiger charge is 2.22. The lowest BCUT2D eigenvalue weighted by molar-refractivity contribution is 0.0303. The average Bonchev–Trinajstić information content (AvgIpc) is 3.38. The van der Waals surface area contributed by atoms with Crippen molar-refractivity contribution in [1.29, 1.82) is 0 Å². The topological polar surface area (TPSA) is 107 Å². The molecule has 0 aliphatic carbocycles. The Hall–Kier alpha value is -3.60. The van der Waals surface area contributed by atoms with Crippen molar-refractivity contribution in [1.82, 2.24) is 19.9 Å². The van der Waals surface area contributed by atoms with Crippen molar-refractivity contribution in [3.63, 3.8) is 0 Å². The number of anilines is 2. The summed E-state index contributed by atoms with van der Waals surface area (Å²) >= 11 is 1.66. The number of hydrogen-bond donors (Lipinski definition) is 1. The van der Waals surface area contributed by atoms with Gasteiger partial charge in [0.2, 0.25) is 0 Å². The van der Waals surface area contributed by atoms with Crippen LogP contribution in [-0.2, 0) is 9.47 Å². The number of amides is 1. The van der Waals surface area contributed by atoms with Gasteiger partial charge < -0.3 is 25.0 Å². The smallest absolute Gasteiger partial charge is 0.254 e. The molecule has 2 aliphatic rings. The fraction of sp³-hybridized carbons (Fsp3) is 0.308. The molecule has 10 heteroatoms. The Bertz CT molecular complexity index is 1380. The predicted molar refractivity (Wildman–Crippen MR) is 140 cm³/mol. The minimum atomic E-state index is 0.0448. The highest BCUT2D eigenvalue weighted by molar-refractivity contribution is 7.22. The summed E-state index contributed by atoms with van der Waals surface area (Å²) in [5.74, 6) is 2.03. The maximum Gasteiger partial charge on any atom is 0.254 e. The molecular formula is C26H26N6O3S. The lowest BCUT2D eigenvalue weighted by Crippen LogP contribution is -2.40. The van der Waals surface area contributed by atoms with Crippen LogP contribution in [0.4, 0.5) is 11.6 Å². The number of ether oxygens (including phenoxy) is 2. The first-order valence-electron chi connectivity index (χ1n) is 12.0.